The van der Waals surface area contributed by atoms with Crippen LogP contribution in [0.5, 0.6) is 0 Å². The first-order valence-electron chi connectivity index (χ1n) is 6.44. The Hall–Kier alpha value is -0.420. The molecule has 1 aliphatic heterocycles. The molecule has 4 nitrogen and oxygen atoms in total. The van der Waals surface area contributed by atoms with Gasteiger partial charge in [0.15, 0.2) is 0 Å². The van der Waals surface area contributed by atoms with Crippen LogP contribution in [0, 0.1) is 0 Å². The van der Waals surface area contributed by atoms with Crippen molar-refractivity contribution in [1.82, 2.24) is 10.2 Å². The van der Waals surface area contributed by atoms with Gasteiger partial charge in [-0.15, -0.1) is 0 Å². The number of nitrogens with two attached hydrogens (primary N) is 1. The predicted molar refractivity (Wildman–Crippen MR) is 72.2 cm³/mol. The van der Waals surface area contributed by atoms with Crippen LogP contribution in [0.4, 0.5) is 0 Å². The van der Waals surface area contributed by atoms with Gasteiger partial charge in [0, 0.05) is 18.6 Å². The maximum atomic E-state index is 5.91. The number of ether oxygens (including phenoxy) is 1. The Labute approximate surface area is 105 Å². The Morgan fingerprint density at radius 2 is 2.12 bits per heavy atom. The molecule has 0 aromatic carbocycles. The fraction of sp³-hybridized carbons (Fsp3) is 0.846. The highest BCUT2D eigenvalue weighted by Crippen LogP contribution is 2.19. The number of nitrogens with one attached hydrogen (secondary N) is 1. The molecule has 0 amide bonds. The fourth-order valence-corrected chi connectivity index (χ4v) is 2.13. The second-order valence-electron chi connectivity index (χ2n) is 5.22. The molecule has 0 spiro atoms. The third-order valence-electron chi connectivity index (χ3n) is 3.43. The first kappa shape index (κ1) is 14.6. The van der Waals surface area contributed by atoms with E-state index in [0.29, 0.717) is 13.2 Å². The summed E-state index contributed by atoms with van der Waals surface area (Å²) in [4.78, 5) is 2.35. The van der Waals surface area contributed by atoms with Crippen molar-refractivity contribution in [3.8, 4) is 0 Å². The van der Waals surface area contributed by atoms with Crippen LogP contribution in [0.15, 0.2) is 12.2 Å². The minimum Gasteiger partial charge on any atom is -0.376 e. The minimum atomic E-state index is 0.124. The molecule has 0 unspecified atom stereocenters. The molecule has 3 N–H and O–H groups in total. The maximum absolute atomic E-state index is 5.91. The number of hydrogen-bond acceptors (Lipinski definition) is 4. The summed E-state index contributed by atoms with van der Waals surface area (Å²) in [7, 11) is 2.16. The standard InChI is InChI=1S/C13H27N3O/c1-12(2)10-17-9-6-15-13(11-14)4-7-16(3)8-5-13/h15H,1,4-11,14H2,2-3H3. The van der Waals surface area contributed by atoms with Gasteiger partial charge in [-0.05, 0) is 39.9 Å². The molecule has 0 radical (unpaired) electrons. The summed E-state index contributed by atoms with van der Waals surface area (Å²) in [6, 6.07) is 0. The predicted octanol–water partition coefficient (Wildman–Crippen LogP) is 0.592. The van der Waals surface area contributed by atoms with Gasteiger partial charge in [0.05, 0.1) is 13.2 Å². The Kier molecular flexibility index (Phi) is 6.12. The van der Waals surface area contributed by atoms with Gasteiger partial charge in [0.2, 0.25) is 0 Å². The average molecular weight is 241 g/mol. The molecule has 1 fully saturated rings. The molecule has 0 bridgehead atoms. The van der Waals surface area contributed by atoms with E-state index in [1.165, 1.54) is 0 Å². The van der Waals surface area contributed by atoms with Crippen molar-refractivity contribution in [3.05, 3.63) is 12.2 Å². The molecule has 0 aromatic rings. The number of likely N-dealkylation sites (tertiary alicyclic amines) is 1. The fourth-order valence-electron chi connectivity index (χ4n) is 2.13. The van der Waals surface area contributed by atoms with Crippen LogP contribution in [0.1, 0.15) is 19.8 Å². The van der Waals surface area contributed by atoms with Crippen LogP contribution >= 0.6 is 0 Å². The van der Waals surface area contributed by atoms with Gasteiger partial charge in [-0.25, -0.2) is 0 Å². The highest BCUT2D eigenvalue weighted by Gasteiger charge is 2.31. The Morgan fingerprint density at radius 1 is 1.47 bits per heavy atom. The zero-order chi connectivity index (χ0) is 12.7. The van der Waals surface area contributed by atoms with E-state index in [-0.39, 0.29) is 5.54 Å². The molecule has 4 heteroatoms. The highest BCUT2D eigenvalue weighted by molar-refractivity contribution is 4.93. The minimum absolute atomic E-state index is 0.124. The van der Waals surface area contributed by atoms with Gasteiger partial charge in [0.25, 0.3) is 0 Å². The van der Waals surface area contributed by atoms with E-state index in [1.54, 1.807) is 0 Å². The molecular formula is C13H27N3O. The molecule has 0 atom stereocenters. The third kappa shape index (κ3) is 5.17. The summed E-state index contributed by atoms with van der Waals surface area (Å²) < 4.78 is 5.48. The zero-order valence-electron chi connectivity index (χ0n) is 11.3. The van der Waals surface area contributed by atoms with E-state index < -0.39 is 0 Å². The van der Waals surface area contributed by atoms with E-state index in [4.69, 9.17) is 10.5 Å². The van der Waals surface area contributed by atoms with E-state index in [2.05, 4.69) is 23.8 Å². The van der Waals surface area contributed by atoms with E-state index in [9.17, 15) is 0 Å². The first-order valence-corrected chi connectivity index (χ1v) is 6.44. The van der Waals surface area contributed by atoms with Gasteiger partial charge < -0.3 is 20.7 Å². The number of piperidine rings is 1. The summed E-state index contributed by atoms with van der Waals surface area (Å²) in [5, 5.41) is 3.57. The number of nitrogens with zero attached hydrogens (tertiary/aromatic N) is 1. The molecular weight excluding hydrogens is 214 g/mol. The molecule has 17 heavy (non-hydrogen) atoms. The monoisotopic (exact) mass is 241 g/mol. The van der Waals surface area contributed by atoms with Crippen molar-refractivity contribution < 1.29 is 4.74 Å². The van der Waals surface area contributed by atoms with Gasteiger partial charge in [0.1, 0.15) is 0 Å². The molecule has 0 aromatic heterocycles. The lowest BCUT2D eigenvalue weighted by Crippen LogP contribution is -2.57. The second-order valence-corrected chi connectivity index (χ2v) is 5.22. The lowest BCUT2D eigenvalue weighted by Gasteiger charge is -2.40. The van der Waals surface area contributed by atoms with Crippen molar-refractivity contribution in [3.63, 3.8) is 0 Å². The van der Waals surface area contributed by atoms with Crippen LogP contribution in [-0.4, -0.2) is 56.9 Å². The largest absolute Gasteiger partial charge is 0.376 e. The number of rotatable bonds is 7. The number of hydrogen-bond donors (Lipinski definition) is 2. The summed E-state index contributed by atoms with van der Waals surface area (Å²) in [6.45, 7) is 11.0. The van der Waals surface area contributed by atoms with Crippen LogP contribution in [-0.2, 0) is 4.74 Å². The lowest BCUT2D eigenvalue weighted by molar-refractivity contribution is 0.124. The first-order chi connectivity index (χ1) is 8.08. The Morgan fingerprint density at radius 3 is 2.65 bits per heavy atom. The van der Waals surface area contributed by atoms with E-state index >= 15 is 0 Å². The van der Waals surface area contributed by atoms with Crippen molar-refractivity contribution in [2.75, 3.05) is 46.4 Å². The van der Waals surface area contributed by atoms with Crippen molar-refractivity contribution in [2.24, 2.45) is 5.73 Å². The third-order valence-corrected chi connectivity index (χ3v) is 3.43. The quantitative estimate of drug-likeness (QED) is 0.506. The van der Waals surface area contributed by atoms with Crippen LogP contribution in [0.2, 0.25) is 0 Å². The summed E-state index contributed by atoms with van der Waals surface area (Å²) in [5.74, 6) is 0. The van der Waals surface area contributed by atoms with Crippen molar-refractivity contribution >= 4 is 0 Å². The highest BCUT2D eigenvalue weighted by atomic mass is 16.5. The molecule has 1 heterocycles. The summed E-state index contributed by atoms with van der Waals surface area (Å²) in [6.07, 6.45) is 2.25. The molecule has 1 aliphatic rings. The Balaban J connectivity index is 2.20. The van der Waals surface area contributed by atoms with Gasteiger partial charge in [-0.3, -0.25) is 0 Å². The SMILES string of the molecule is C=C(C)COCCNC1(CN)CCN(C)CC1. The van der Waals surface area contributed by atoms with Crippen molar-refractivity contribution in [1.29, 1.82) is 0 Å². The van der Waals surface area contributed by atoms with Crippen LogP contribution in [0.25, 0.3) is 0 Å². The second kappa shape index (κ2) is 7.11. The summed E-state index contributed by atoms with van der Waals surface area (Å²) >= 11 is 0. The normalized spacial score (nSPS) is 20.4. The maximum Gasteiger partial charge on any atom is 0.0672 e. The molecule has 1 saturated heterocycles. The van der Waals surface area contributed by atoms with E-state index in [1.807, 2.05) is 6.92 Å². The molecule has 0 saturated carbocycles. The van der Waals surface area contributed by atoms with Gasteiger partial charge in [-0.1, -0.05) is 12.2 Å². The Bertz CT molecular complexity index is 235. The molecule has 100 valence electrons. The van der Waals surface area contributed by atoms with E-state index in [0.717, 1.165) is 44.7 Å². The smallest absolute Gasteiger partial charge is 0.0672 e. The zero-order valence-corrected chi connectivity index (χ0v) is 11.3. The average Bonchev–Trinajstić information content (AvgIpc) is 2.31. The lowest BCUT2D eigenvalue weighted by atomic mass is 9.87. The molecule has 1 rings (SSSR count). The van der Waals surface area contributed by atoms with Crippen molar-refractivity contribution in [2.45, 2.75) is 25.3 Å². The van der Waals surface area contributed by atoms with Crippen LogP contribution < -0.4 is 11.1 Å². The van der Waals surface area contributed by atoms with Gasteiger partial charge >= 0.3 is 0 Å². The topological polar surface area (TPSA) is 50.5 Å². The van der Waals surface area contributed by atoms with Crippen LogP contribution in [0.3, 0.4) is 0 Å². The summed E-state index contributed by atoms with van der Waals surface area (Å²) in [5.41, 5.74) is 7.10. The molecule has 0 aliphatic carbocycles. The van der Waals surface area contributed by atoms with Gasteiger partial charge in [-0.2, -0.15) is 0 Å².